The normalized spacial score (nSPS) is 12.1. The Morgan fingerprint density at radius 3 is 2.70 bits per heavy atom. The summed E-state index contributed by atoms with van der Waals surface area (Å²) in [7, 11) is -1.21. The number of hydrogen-bond donors (Lipinski definition) is 1. The first-order valence-corrected chi connectivity index (χ1v) is 8.37. The zero-order valence-electron chi connectivity index (χ0n) is 11.1. The van der Waals surface area contributed by atoms with E-state index in [-0.39, 0.29) is 0 Å². The molecule has 1 atom stereocenters. The molecule has 3 nitrogen and oxygen atoms in total. The first-order chi connectivity index (χ1) is 9.61. The fraction of sp³-hybridized carbons (Fsp3) is 0.200. The van der Waals surface area contributed by atoms with E-state index in [4.69, 9.17) is 10.5 Å². The van der Waals surface area contributed by atoms with Crippen LogP contribution in [0.1, 0.15) is 12.5 Å². The summed E-state index contributed by atoms with van der Waals surface area (Å²) in [6.07, 6.45) is 0. The van der Waals surface area contributed by atoms with E-state index >= 15 is 0 Å². The summed E-state index contributed by atoms with van der Waals surface area (Å²) >= 11 is 3.46. The van der Waals surface area contributed by atoms with E-state index in [1.807, 2.05) is 31.2 Å². The molecule has 1 unspecified atom stereocenters. The van der Waals surface area contributed by atoms with Crippen molar-refractivity contribution in [1.29, 1.82) is 0 Å². The third-order valence-corrected chi connectivity index (χ3v) is 4.98. The van der Waals surface area contributed by atoms with Gasteiger partial charge in [-0.05, 0) is 36.8 Å². The highest BCUT2D eigenvalue weighted by Gasteiger charge is 2.12. The van der Waals surface area contributed by atoms with Crippen molar-refractivity contribution in [1.82, 2.24) is 0 Å². The molecule has 2 N–H and O–H groups in total. The zero-order chi connectivity index (χ0) is 14.5. The maximum absolute atomic E-state index is 12.5. The lowest BCUT2D eigenvalue weighted by Crippen LogP contribution is -2.02. The predicted molar refractivity (Wildman–Crippen MR) is 86.3 cm³/mol. The first kappa shape index (κ1) is 15.1. The summed E-state index contributed by atoms with van der Waals surface area (Å²) in [4.78, 5) is 0.617. The highest BCUT2D eigenvalue weighted by atomic mass is 79.9. The first-order valence-electron chi connectivity index (χ1n) is 6.26. The summed E-state index contributed by atoms with van der Waals surface area (Å²) in [5, 5.41) is 0. The molecule has 20 heavy (non-hydrogen) atoms. The second-order valence-corrected chi connectivity index (χ2v) is 6.49. The molecule has 0 bridgehead atoms. The Morgan fingerprint density at radius 1 is 1.25 bits per heavy atom. The van der Waals surface area contributed by atoms with Gasteiger partial charge in [-0.1, -0.05) is 34.1 Å². The maximum Gasteiger partial charge on any atom is 0.120 e. The van der Waals surface area contributed by atoms with E-state index in [9.17, 15) is 4.21 Å². The van der Waals surface area contributed by atoms with Crippen molar-refractivity contribution < 1.29 is 8.95 Å². The van der Waals surface area contributed by atoms with Gasteiger partial charge < -0.3 is 10.5 Å². The van der Waals surface area contributed by atoms with Crippen LogP contribution in [0, 0.1) is 0 Å². The van der Waals surface area contributed by atoms with E-state index in [0.29, 0.717) is 28.7 Å². The lowest BCUT2D eigenvalue weighted by atomic mass is 10.2. The van der Waals surface area contributed by atoms with Gasteiger partial charge in [0.05, 0.1) is 28.1 Å². The van der Waals surface area contributed by atoms with Gasteiger partial charge in [0.1, 0.15) is 5.75 Å². The highest BCUT2D eigenvalue weighted by molar-refractivity contribution is 9.10. The summed E-state index contributed by atoms with van der Waals surface area (Å²) in [5.41, 5.74) is 7.44. The van der Waals surface area contributed by atoms with Gasteiger partial charge in [0.2, 0.25) is 0 Å². The standard InChI is InChI=1S/C15H16BrNO2S/c1-2-19-12-7-8-14(17)15(9-12)20(18)10-11-5-3-4-6-13(11)16/h3-9H,2,10,17H2,1H3. The molecule has 2 rings (SSSR count). The van der Waals surface area contributed by atoms with E-state index in [2.05, 4.69) is 15.9 Å². The third kappa shape index (κ3) is 3.61. The molecule has 106 valence electrons. The Bertz CT molecular complexity index is 631. The number of nitrogen functional groups attached to an aromatic ring is 1. The molecule has 0 aromatic heterocycles. The molecule has 0 aliphatic rings. The van der Waals surface area contributed by atoms with Crippen LogP contribution in [-0.2, 0) is 16.6 Å². The maximum atomic E-state index is 12.5. The molecule has 2 aromatic rings. The van der Waals surface area contributed by atoms with Gasteiger partial charge in [0, 0.05) is 10.2 Å². The van der Waals surface area contributed by atoms with E-state index in [1.165, 1.54) is 0 Å². The van der Waals surface area contributed by atoms with E-state index < -0.39 is 10.8 Å². The largest absolute Gasteiger partial charge is 0.494 e. The second kappa shape index (κ2) is 6.90. The molecule has 0 amide bonds. The molecule has 0 aliphatic carbocycles. The lowest BCUT2D eigenvalue weighted by Gasteiger charge is -2.10. The third-order valence-electron chi connectivity index (χ3n) is 2.79. The zero-order valence-corrected chi connectivity index (χ0v) is 13.5. The Kier molecular flexibility index (Phi) is 5.20. The molecule has 0 saturated heterocycles. The monoisotopic (exact) mass is 353 g/mol. The van der Waals surface area contributed by atoms with Crippen LogP contribution < -0.4 is 10.5 Å². The van der Waals surface area contributed by atoms with Gasteiger partial charge >= 0.3 is 0 Å². The number of halogens is 1. The topological polar surface area (TPSA) is 52.3 Å². The number of rotatable bonds is 5. The smallest absolute Gasteiger partial charge is 0.120 e. The van der Waals surface area contributed by atoms with Crippen LogP contribution in [0.4, 0.5) is 5.69 Å². The van der Waals surface area contributed by atoms with Crippen molar-refractivity contribution in [3.05, 3.63) is 52.5 Å². The Hall–Kier alpha value is -1.33. The Labute approximate surface area is 129 Å². The lowest BCUT2D eigenvalue weighted by molar-refractivity contribution is 0.339. The van der Waals surface area contributed by atoms with Crippen LogP contribution in [-0.4, -0.2) is 10.8 Å². The average molecular weight is 354 g/mol. The molecule has 0 radical (unpaired) electrons. The second-order valence-electron chi connectivity index (χ2n) is 4.21. The highest BCUT2D eigenvalue weighted by Crippen LogP contribution is 2.26. The Balaban J connectivity index is 2.25. The van der Waals surface area contributed by atoms with Crippen LogP contribution in [0.2, 0.25) is 0 Å². The van der Waals surface area contributed by atoms with Gasteiger partial charge in [0.25, 0.3) is 0 Å². The molecular formula is C15H16BrNO2S. The average Bonchev–Trinajstić information content (AvgIpc) is 2.43. The van der Waals surface area contributed by atoms with Crippen molar-refractivity contribution in [2.24, 2.45) is 0 Å². The molecular weight excluding hydrogens is 338 g/mol. The van der Waals surface area contributed by atoms with Crippen LogP contribution in [0.25, 0.3) is 0 Å². The Morgan fingerprint density at radius 2 is 2.00 bits per heavy atom. The van der Waals surface area contributed by atoms with Crippen molar-refractivity contribution in [2.45, 2.75) is 17.6 Å². The van der Waals surface area contributed by atoms with Crippen molar-refractivity contribution in [3.63, 3.8) is 0 Å². The minimum atomic E-state index is -1.21. The van der Waals surface area contributed by atoms with Crippen LogP contribution in [0.3, 0.4) is 0 Å². The molecule has 0 spiro atoms. The van der Waals surface area contributed by atoms with Crippen LogP contribution >= 0.6 is 15.9 Å². The molecule has 0 fully saturated rings. The number of benzene rings is 2. The number of nitrogens with two attached hydrogens (primary N) is 1. The number of hydrogen-bond acceptors (Lipinski definition) is 3. The quantitative estimate of drug-likeness (QED) is 0.833. The van der Waals surface area contributed by atoms with E-state index in [0.717, 1.165) is 10.0 Å². The van der Waals surface area contributed by atoms with Gasteiger partial charge in [0.15, 0.2) is 0 Å². The fourth-order valence-electron chi connectivity index (χ4n) is 1.80. The minimum Gasteiger partial charge on any atom is -0.494 e. The summed E-state index contributed by atoms with van der Waals surface area (Å²) in [6.45, 7) is 2.48. The van der Waals surface area contributed by atoms with Crippen molar-refractivity contribution in [3.8, 4) is 5.75 Å². The number of anilines is 1. The molecule has 0 saturated carbocycles. The fourth-order valence-corrected chi connectivity index (χ4v) is 3.68. The minimum absolute atomic E-state index is 0.418. The van der Waals surface area contributed by atoms with Crippen LogP contribution in [0.15, 0.2) is 51.8 Å². The van der Waals surface area contributed by atoms with Gasteiger partial charge in [-0.2, -0.15) is 0 Å². The molecule has 0 aliphatic heterocycles. The van der Waals surface area contributed by atoms with E-state index in [1.54, 1.807) is 18.2 Å². The molecule has 0 heterocycles. The molecule has 5 heteroatoms. The SMILES string of the molecule is CCOc1ccc(N)c(S(=O)Cc2ccccc2Br)c1. The van der Waals surface area contributed by atoms with Crippen LogP contribution in [0.5, 0.6) is 5.75 Å². The number of ether oxygens (including phenoxy) is 1. The predicted octanol–water partition coefficient (Wildman–Crippen LogP) is 3.74. The van der Waals surface area contributed by atoms with Crippen molar-refractivity contribution >= 4 is 32.4 Å². The van der Waals surface area contributed by atoms with Gasteiger partial charge in [-0.3, -0.25) is 4.21 Å². The summed E-state index contributed by atoms with van der Waals surface area (Å²) in [5.74, 6) is 1.11. The van der Waals surface area contributed by atoms with Crippen molar-refractivity contribution in [2.75, 3.05) is 12.3 Å². The summed E-state index contributed by atoms with van der Waals surface area (Å²) < 4.78 is 18.9. The van der Waals surface area contributed by atoms with Gasteiger partial charge in [-0.25, -0.2) is 0 Å². The molecule has 2 aromatic carbocycles. The summed E-state index contributed by atoms with van der Waals surface area (Å²) in [6, 6.07) is 13.0. The van der Waals surface area contributed by atoms with Gasteiger partial charge in [-0.15, -0.1) is 0 Å².